The van der Waals surface area contributed by atoms with Gasteiger partial charge >= 0.3 is 0 Å². The first kappa shape index (κ1) is 14.0. The number of rotatable bonds is 4. The van der Waals surface area contributed by atoms with Gasteiger partial charge in [-0.1, -0.05) is 0 Å². The highest BCUT2D eigenvalue weighted by Gasteiger charge is 2.20. The number of nitrogens with one attached hydrogen (secondary N) is 1. The Hall–Kier alpha value is -1.42. The number of nitrogens with zero attached hydrogens (tertiary/aromatic N) is 2. The van der Waals surface area contributed by atoms with Gasteiger partial charge in [0.05, 0.1) is 12.1 Å². The van der Waals surface area contributed by atoms with Crippen LogP contribution in [0, 0.1) is 17.2 Å². The molecular formula is C13H18N4OS. The lowest BCUT2D eigenvalue weighted by atomic mass is 9.98. The van der Waals surface area contributed by atoms with Gasteiger partial charge in [-0.25, -0.2) is 0 Å². The normalized spacial score (nSPS) is 19.9. The van der Waals surface area contributed by atoms with E-state index in [1.807, 2.05) is 0 Å². The molecule has 0 aliphatic carbocycles. The Morgan fingerprint density at radius 1 is 1.68 bits per heavy atom. The summed E-state index contributed by atoms with van der Waals surface area (Å²) in [4.78, 5) is 14.1. The highest BCUT2D eigenvalue weighted by Crippen LogP contribution is 2.22. The number of carbonyl (C=O) groups is 1. The molecule has 1 unspecified atom stereocenters. The molecule has 1 aliphatic rings. The van der Waals surface area contributed by atoms with Crippen molar-refractivity contribution in [3.63, 3.8) is 0 Å². The number of nitriles is 1. The van der Waals surface area contributed by atoms with Gasteiger partial charge in [-0.05, 0) is 43.3 Å². The SMILES string of the molecule is N#Cc1ccsc1NC(=O)CN1CCCC(CN)C1. The van der Waals surface area contributed by atoms with Gasteiger partial charge in [0.25, 0.3) is 0 Å². The van der Waals surface area contributed by atoms with E-state index in [-0.39, 0.29) is 5.91 Å². The number of thiophene rings is 1. The van der Waals surface area contributed by atoms with Gasteiger partial charge in [0, 0.05) is 6.54 Å². The van der Waals surface area contributed by atoms with Crippen LogP contribution in [0.1, 0.15) is 18.4 Å². The van der Waals surface area contributed by atoms with Crippen LogP contribution in [0.5, 0.6) is 0 Å². The first-order chi connectivity index (χ1) is 9.22. The minimum absolute atomic E-state index is 0.0587. The van der Waals surface area contributed by atoms with Crippen molar-refractivity contribution < 1.29 is 4.79 Å². The first-order valence-electron chi connectivity index (χ1n) is 6.42. The van der Waals surface area contributed by atoms with Crippen LogP contribution in [0.2, 0.25) is 0 Å². The molecular weight excluding hydrogens is 260 g/mol. The molecule has 0 radical (unpaired) electrons. The smallest absolute Gasteiger partial charge is 0.239 e. The fourth-order valence-electron chi connectivity index (χ4n) is 2.35. The van der Waals surface area contributed by atoms with Crippen LogP contribution in [0.4, 0.5) is 5.00 Å². The monoisotopic (exact) mass is 278 g/mol. The molecule has 1 saturated heterocycles. The minimum Gasteiger partial charge on any atom is -0.330 e. The van der Waals surface area contributed by atoms with Crippen molar-refractivity contribution in [3.05, 3.63) is 17.0 Å². The molecule has 5 nitrogen and oxygen atoms in total. The van der Waals surface area contributed by atoms with E-state index in [4.69, 9.17) is 11.0 Å². The molecule has 0 bridgehead atoms. The largest absolute Gasteiger partial charge is 0.330 e. The zero-order valence-corrected chi connectivity index (χ0v) is 11.6. The first-order valence-corrected chi connectivity index (χ1v) is 7.30. The second-order valence-electron chi connectivity index (χ2n) is 4.80. The van der Waals surface area contributed by atoms with Crippen LogP contribution in [-0.4, -0.2) is 37.0 Å². The molecule has 2 rings (SSSR count). The van der Waals surface area contributed by atoms with E-state index in [0.29, 0.717) is 29.6 Å². The standard InChI is InChI=1S/C13H18N4OS/c14-6-10-2-1-4-17(8-10)9-12(18)16-13-11(7-15)3-5-19-13/h3,5,10H,1-2,4,6,8-9,14H2,(H,16,18). The van der Waals surface area contributed by atoms with E-state index in [1.54, 1.807) is 11.4 Å². The van der Waals surface area contributed by atoms with Crippen LogP contribution >= 0.6 is 11.3 Å². The van der Waals surface area contributed by atoms with Gasteiger partial charge in [0.15, 0.2) is 0 Å². The van der Waals surface area contributed by atoms with Crippen LogP contribution in [0.3, 0.4) is 0 Å². The number of carbonyl (C=O) groups excluding carboxylic acids is 1. The van der Waals surface area contributed by atoms with Crippen LogP contribution < -0.4 is 11.1 Å². The average molecular weight is 278 g/mol. The van der Waals surface area contributed by atoms with E-state index < -0.39 is 0 Å². The van der Waals surface area contributed by atoms with Crippen molar-refractivity contribution in [1.82, 2.24) is 4.90 Å². The fraction of sp³-hybridized carbons (Fsp3) is 0.538. The molecule has 3 N–H and O–H groups in total. The summed E-state index contributed by atoms with van der Waals surface area (Å²) in [6, 6.07) is 3.78. The third-order valence-corrected chi connectivity index (χ3v) is 4.17. The maximum Gasteiger partial charge on any atom is 0.239 e. The van der Waals surface area contributed by atoms with Crippen molar-refractivity contribution in [1.29, 1.82) is 5.26 Å². The molecule has 0 aromatic carbocycles. The number of hydrogen-bond donors (Lipinski definition) is 2. The molecule has 2 heterocycles. The molecule has 1 aromatic heterocycles. The fourth-order valence-corrected chi connectivity index (χ4v) is 3.10. The van der Waals surface area contributed by atoms with Gasteiger partial charge < -0.3 is 11.1 Å². The molecule has 0 spiro atoms. The zero-order valence-electron chi connectivity index (χ0n) is 10.8. The summed E-state index contributed by atoms with van der Waals surface area (Å²) < 4.78 is 0. The molecule has 1 aromatic rings. The quantitative estimate of drug-likeness (QED) is 0.868. The summed E-state index contributed by atoms with van der Waals surface area (Å²) in [5.41, 5.74) is 6.21. The second-order valence-corrected chi connectivity index (χ2v) is 5.72. The van der Waals surface area contributed by atoms with E-state index in [9.17, 15) is 4.79 Å². The Labute approximate surface area is 117 Å². The van der Waals surface area contributed by atoms with Crippen LogP contribution in [0.25, 0.3) is 0 Å². The van der Waals surface area contributed by atoms with E-state index in [0.717, 1.165) is 25.9 Å². The van der Waals surface area contributed by atoms with Crippen molar-refractivity contribution in [2.45, 2.75) is 12.8 Å². The van der Waals surface area contributed by atoms with Gasteiger partial charge in [0.2, 0.25) is 5.91 Å². The second kappa shape index (κ2) is 6.66. The van der Waals surface area contributed by atoms with Crippen LogP contribution in [0.15, 0.2) is 11.4 Å². The number of anilines is 1. The molecule has 19 heavy (non-hydrogen) atoms. The average Bonchev–Trinajstić information content (AvgIpc) is 2.86. The van der Waals surface area contributed by atoms with E-state index >= 15 is 0 Å². The number of amides is 1. The Bertz CT molecular complexity index is 479. The summed E-state index contributed by atoms with van der Waals surface area (Å²) in [5.74, 6) is 0.439. The zero-order chi connectivity index (χ0) is 13.7. The Morgan fingerprint density at radius 2 is 2.53 bits per heavy atom. The molecule has 6 heteroatoms. The third kappa shape index (κ3) is 3.77. The lowest BCUT2D eigenvalue weighted by Crippen LogP contribution is -2.42. The summed E-state index contributed by atoms with van der Waals surface area (Å²) in [5, 5.41) is 14.1. The van der Waals surface area contributed by atoms with Crippen molar-refractivity contribution >= 4 is 22.2 Å². The Balaban J connectivity index is 1.86. The predicted molar refractivity (Wildman–Crippen MR) is 75.9 cm³/mol. The van der Waals surface area contributed by atoms with E-state index in [1.165, 1.54) is 11.3 Å². The molecule has 1 aliphatic heterocycles. The number of piperidine rings is 1. The van der Waals surface area contributed by atoms with Crippen molar-refractivity contribution in [2.24, 2.45) is 11.7 Å². The lowest BCUT2D eigenvalue weighted by Gasteiger charge is -2.31. The summed E-state index contributed by atoms with van der Waals surface area (Å²) >= 11 is 1.38. The molecule has 102 valence electrons. The number of hydrogen-bond acceptors (Lipinski definition) is 5. The van der Waals surface area contributed by atoms with Crippen LogP contribution in [-0.2, 0) is 4.79 Å². The summed E-state index contributed by atoms with van der Waals surface area (Å²) in [6.45, 7) is 2.89. The minimum atomic E-state index is -0.0587. The maximum atomic E-state index is 12.0. The van der Waals surface area contributed by atoms with Gasteiger partial charge in [0.1, 0.15) is 11.1 Å². The number of nitrogens with two attached hydrogens (primary N) is 1. The molecule has 0 saturated carbocycles. The maximum absolute atomic E-state index is 12.0. The molecule has 1 amide bonds. The lowest BCUT2D eigenvalue weighted by molar-refractivity contribution is -0.117. The summed E-state index contributed by atoms with van der Waals surface area (Å²) in [6.07, 6.45) is 2.25. The van der Waals surface area contributed by atoms with E-state index in [2.05, 4.69) is 16.3 Å². The van der Waals surface area contributed by atoms with Gasteiger partial charge in [-0.15, -0.1) is 11.3 Å². The highest BCUT2D eigenvalue weighted by molar-refractivity contribution is 7.14. The molecule has 1 fully saturated rings. The highest BCUT2D eigenvalue weighted by atomic mass is 32.1. The van der Waals surface area contributed by atoms with Gasteiger partial charge in [-0.2, -0.15) is 5.26 Å². The molecule has 1 atom stereocenters. The summed E-state index contributed by atoms with van der Waals surface area (Å²) in [7, 11) is 0. The predicted octanol–water partition coefficient (Wildman–Crippen LogP) is 1.23. The van der Waals surface area contributed by atoms with Crippen molar-refractivity contribution in [3.8, 4) is 6.07 Å². The topological polar surface area (TPSA) is 82.2 Å². The Kier molecular flexibility index (Phi) is 4.91. The number of likely N-dealkylation sites (tertiary alicyclic amines) is 1. The Morgan fingerprint density at radius 3 is 3.26 bits per heavy atom. The van der Waals surface area contributed by atoms with Crippen molar-refractivity contribution in [2.75, 3.05) is 31.5 Å². The van der Waals surface area contributed by atoms with Gasteiger partial charge in [-0.3, -0.25) is 9.69 Å². The third-order valence-electron chi connectivity index (χ3n) is 3.34.